The minimum absolute atomic E-state index is 0.0901. The molecule has 1 fully saturated rings. The minimum atomic E-state index is -0.892. The topological polar surface area (TPSA) is 64.0 Å². The smallest absolute Gasteiger partial charge is 0.256 e. The summed E-state index contributed by atoms with van der Waals surface area (Å²) in [5.41, 5.74) is 1.78. The molecule has 2 aliphatic rings. The molecule has 5 nitrogen and oxygen atoms in total. The normalized spacial score (nSPS) is 20.6. The van der Waals surface area contributed by atoms with Gasteiger partial charge in [0.25, 0.3) is 5.91 Å². The van der Waals surface area contributed by atoms with Crippen LogP contribution < -0.4 is 0 Å². The zero-order valence-electron chi connectivity index (χ0n) is 18.3. The number of rotatable bonds is 6. The fraction of sp³-hybridized carbons (Fsp3) is 0.370. The van der Waals surface area contributed by atoms with E-state index in [1.165, 1.54) is 0 Å². The van der Waals surface area contributed by atoms with Crippen molar-refractivity contribution in [2.45, 2.75) is 37.5 Å². The molecule has 0 aliphatic carbocycles. The summed E-state index contributed by atoms with van der Waals surface area (Å²) >= 11 is 0. The van der Waals surface area contributed by atoms with E-state index in [4.69, 9.17) is 0 Å². The lowest BCUT2D eigenvalue weighted by molar-refractivity contribution is -0.0267. The van der Waals surface area contributed by atoms with E-state index < -0.39 is 11.8 Å². The van der Waals surface area contributed by atoms with E-state index in [1.807, 2.05) is 66.7 Å². The van der Waals surface area contributed by atoms with Gasteiger partial charge in [-0.05, 0) is 49.2 Å². The monoisotopic (exact) mass is 430 g/mol. The van der Waals surface area contributed by atoms with Crippen LogP contribution in [0.1, 0.15) is 53.4 Å². The van der Waals surface area contributed by atoms with Gasteiger partial charge in [0.15, 0.2) is 6.23 Å². The van der Waals surface area contributed by atoms with Crippen LogP contribution in [0, 0.1) is 0 Å². The zero-order valence-corrected chi connectivity index (χ0v) is 18.3. The van der Waals surface area contributed by atoms with Gasteiger partial charge in [0.05, 0.1) is 5.60 Å². The molecule has 1 saturated heterocycles. The van der Waals surface area contributed by atoms with Crippen molar-refractivity contribution in [2.75, 3.05) is 26.2 Å². The van der Waals surface area contributed by atoms with Crippen molar-refractivity contribution in [1.82, 2.24) is 9.80 Å². The van der Waals surface area contributed by atoms with Crippen LogP contribution in [0.3, 0.4) is 0 Å². The van der Waals surface area contributed by atoms with E-state index in [0.29, 0.717) is 12.1 Å². The Morgan fingerprint density at radius 3 is 2.31 bits per heavy atom. The van der Waals surface area contributed by atoms with Gasteiger partial charge in [-0.25, -0.2) is 0 Å². The highest BCUT2D eigenvalue weighted by molar-refractivity contribution is 6.10. The molecule has 2 heterocycles. The molecule has 1 unspecified atom stereocenters. The average Bonchev–Trinajstić information content (AvgIpc) is 2.83. The van der Waals surface area contributed by atoms with Crippen LogP contribution in [0.5, 0.6) is 0 Å². The summed E-state index contributed by atoms with van der Waals surface area (Å²) in [6, 6.07) is 21.5. The number of aliphatic hydroxyl groups excluding tert-OH is 1. The van der Waals surface area contributed by atoms with Gasteiger partial charge in [-0.15, -0.1) is 0 Å². The Balaban J connectivity index is 1.15. The van der Waals surface area contributed by atoms with Crippen LogP contribution in [0.25, 0.3) is 10.8 Å². The van der Waals surface area contributed by atoms with Gasteiger partial charge < -0.3 is 20.0 Å². The molecular weight excluding hydrogens is 400 g/mol. The van der Waals surface area contributed by atoms with Crippen molar-refractivity contribution in [2.24, 2.45) is 0 Å². The van der Waals surface area contributed by atoms with Gasteiger partial charge in [-0.3, -0.25) is 4.79 Å². The highest BCUT2D eigenvalue weighted by atomic mass is 16.3. The largest absolute Gasteiger partial charge is 0.385 e. The number of carbonyl (C=O) groups is 1. The van der Waals surface area contributed by atoms with Crippen molar-refractivity contribution in [3.63, 3.8) is 0 Å². The Hall–Kier alpha value is -2.73. The predicted octanol–water partition coefficient (Wildman–Crippen LogP) is 4.05. The maximum absolute atomic E-state index is 13.0. The quantitative estimate of drug-likeness (QED) is 0.579. The SMILES string of the molecule is O=C1c2cccc3cccc(c23)C(O)N1CCCCN1CCC(O)(c2ccccc2)CC1. The van der Waals surface area contributed by atoms with E-state index in [9.17, 15) is 15.0 Å². The summed E-state index contributed by atoms with van der Waals surface area (Å²) < 4.78 is 0. The van der Waals surface area contributed by atoms with Gasteiger partial charge in [0.2, 0.25) is 0 Å². The number of hydrogen-bond acceptors (Lipinski definition) is 4. The van der Waals surface area contributed by atoms with Crippen molar-refractivity contribution in [3.05, 3.63) is 83.4 Å². The number of unbranched alkanes of at least 4 members (excludes halogenated alkanes) is 1. The zero-order chi connectivity index (χ0) is 22.1. The molecule has 0 radical (unpaired) electrons. The van der Waals surface area contributed by atoms with Crippen LogP contribution >= 0.6 is 0 Å². The molecule has 1 amide bonds. The molecule has 0 aromatic heterocycles. The molecule has 2 aliphatic heterocycles. The first-order chi connectivity index (χ1) is 15.6. The van der Waals surface area contributed by atoms with Gasteiger partial charge in [0, 0.05) is 36.1 Å². The fourth-order valence-electron chi connectivity index (χ4n) is 5.22. The Kier molecular flexibility index (Phi) is 5.72. The molecule has 32 heavy (non-hydrogen) atoms. The summed E-state index contributed by atoms with van der Waals surface area (Å²) in [4.78, 5) is 17.0. The number of carbonyl (C=O) groups excluding carboxylic acids is 1. The lowest BCUT2D eigenvalue weighted by Gasteiger charge is -2.38. The Morgan fingerprint density at radius 2 is 1.56 bits per heavy atom. The van der Waals surface area contributed by atoms with Gasteiger partial charge in [0.1, 0.15) is 0 Å². The fourth-order valence-corrected chi connectivity index (χ4v) is 5.22. The Morgan fingerprint density at radius 1 is 0.875 bits per heavy atom. The standard InChI is InChI=1S/C27H30N2O3/c30-25-22-12-6-8-20-9-7-13-23(24(20)22)26(31)29(25)17-5-4-16-28-18-14-27(32,15-19-28)21-10-2-1-3-11-21/h1-3,6-13,25,30,32H,4-5,14-19H2. The number of piperidine rings is 1. The van der Waals surface area contributed by atoms with Crippen molar-refractivity contribution < 1.29 is 15.0 Å². The first kappa shape index (κ1) is 21.1. The van der Waals surface area contributed by atoms with E-state index in [2.05, 4.69) is 4.90 Å². The van der Waals surface area contributed by atoms with E-state index >= 15 is 0 Å². The molecule has 166 valence electrons. The lowest BCUT2D eigenvalue weighted by atomic mass is 9.84. The molecule has 0 bridgehead atoms. The number of aliphatic hydroxyl groups is 2. The van der Waals surface area contributed by atoms with Crippen LogP contribution in [-0.4, -0.2) is 52.1 Å². The first-order valence-electron chi connectivity index (χ1n) is 11.6. The number of benzene rings is 3. The third kappa shape index (κ3) is 3.81. The van der Waals surface area contributed by atoms with E-state index in [1.54, 1.807) is 4.90 Å². The number of hydrogen-bond donors (Lipinski definition) is 2. The first-order valence-corrected chi connectivity index (χ1v) is 11.6. The lowest BCUT2D eigenvalue weighted by Crippen LogP contribution is -2.43. The van der Waals surface area contributed by atoms with Crippen molar-refractivity contribution >= 4 is 16.7 Å². The Labute approximate surface area is 188 Å². The second kappa shape index (κ2) is 8.66. The number of amides is 1. The molecule has 1 atom stereocenters. The molecule has 5 rings (SSSR count). The number of likely N-dealkylation sites (tertiary alicyclic amines) is 1. The van der Waals surface area contributed by atoms with E-state index in [0.717, 1.165) is 67.2 Å². The molecule has 3 aromatic rings. The third-order valence-corrected chi connectivity index (χ3v) is 7.12. The maximum atomic E-state index is 13.0. The third-order valence-electron chi connectivity index (χ3n) is 7.12. The summed E-state index contributed by atoms with van der Waals surface area (Å²) in [7, 11) is 0. The van der Waals surface area contributed by atoms with Crippen molar-refractivity contribution in [1.29, 1.82) is 0 Å². The average molecular weight is 431 g/mol. The molecule has 3 aromatic carbocycles. The molecule has 0 saturated carbocycles. The van der Waals surface area contributed by atoms with Crippen LogP contribution in [0.2, 0.25) is 0 Å². The molecular formula is C27H30N2O3. The van der Waals surface area contributed by atoms with Crippen LogP contribution in [-0.2, 0) is 5.60 Å². The predicted molar refractivity (Wildman–Crippen MR) is 125 cm³/mol. The highest BCUT2D eigenvalue weighted by Crippen LogP contribution is 2.36. The summed E-state index contributed by atoms with van der Waals surface area (Å²) in [5, 5.41) is 23.8. The number of nitrogens with zero attached hydrogens (tertiary/aromatic N) is 2. The van der Waals surface area contributed by atoms with Gasteiger partial charge >= 0.3 is 0 Å². The van der Waals surface area contributed by atoms with Gasteiger partial charge in [-0.1, -0.05) is 60.7 Å². The van der Waals surface area contributed by atoms with Crippen molar-refractivity contribution in [3.8, 4) is 0 Å². The Bertz CT molecular complexity index is 1100. The van der Waals surface area contributed by atoms with Crippen LogP contribution in [0.15, 0.2) is 66.7 Å². The second-order valence-corrected chi connectivity index (χ2v) is 9.07. The maximum Gasteiger partial charge on any atom is 0.256 e. The molecule has 5 heteroatoms. The molecule has 2 N–H and O–H groups in total. The summed E-state index contributed by atoms with van der Waals surface area (Å²) in [6.45, 7) is 3.21. The highest BCUT2D eigenvalue weighted by Gasteiger charge is 2.34. The minimum Gasteiger partial charge on any atom is -0.385 e. The van der Waals surface area contributed by atoms with Crippen LogP contribution in [0.4, 0.5) is 0 Å². The summed E-state index contributed by atoms with van der Waals surface area (Å²) in [5.74, 6) is -0.0901. The second-order valence-electron chi connectivity index (χ2n) is 9.07. The van der Waals surface area contributed by atoms with Gasteiger partial charge in [-0.2, -0.15) is 0 Å². The molecule has 0 spiro atoms. The summed E-state index contributed by atoms with van der Waals surface area (Å²) in [6.07, 6.45) is 2.37. The van der Waals surface area contributed by atoms with E-state index in [-0.39, 0.29) is 5.91 Å².